The van der Waals surface area contributed by atoms with Gasteiger partial charge in [0, 0.05) is 17.7 Å². The molecule has 8 nitrogen and oxygen atoms in total. The average molecular weight is 378 g/mol. The molecule has 0 atom stereocenters. The Morgan fingerprint density at radius 2 is 2.15 bits per heavy atom. The summed E-state index contributed by atoms with van der Waals surface area (Å²) in [6, 6.07) is 8.61. The van der Waals surface area contributed by atoms with Crippen molar-refractivity contribution in [3.63, 3.8) is 0 Å². The topological polar surface area (TPSA) is 103 Å². The molecule has 0 saturated heterocycles. The Bertz CT molecular complexity index is 854. The second-order valence-electron chi connectivity index (χ2n) is 4.97. The van der Waals surface area contributed by atoms with Crippen LogP contribution in [0.4, 0.5) is 5.69 Å². The van der Waals surface area contributed by atoms with Gasteiger partial charge in [-0.1, -0.05) is 17.7 Å². The first-order chi connectivity index (χ1) is 12.5. The van der Waals surface area contributed by atoms with E-state index in [-0.39, 0.29) is 11.3 Å². The molecule has 0 unspecified atom stereocenters. The molecule has 9 heteroatoms. The van der Waals surface area contributed by atoms with E-state index in [1.54, 1.807) is 12.1 Å². The zero-order valence-electron chi connectivity index (χ0n) is 14.1. The summed E-state index contributed by atoms with van der Waals surface area (Å²) >= 11 is 6.16. The SMILES string of the molecule is CCOc1c(Cl)cc(C=NNC(=O)c2cccc([N+](=O)[O-])c2)cc1OC. The van der Waals surface area contributed by atoms with Crippen LogP contribution in [0.25, 0.3) is 0 Å². The van der Waals surface area contributed by atoms with Gasteiger partial charge in [0.25, 0.3) is 11.6 Å². The Morgan fingerprint density at radius 1 is 1.38 bits per heavy atom. The van der Waals surface area contributed by atoms with Gasteiger partial charge < -0.3 is 9.47 Å². The minimum Gasteiger partial charge on any atom is -0.493 e. The van der Waals surface area contributed by atoms with Crippen LogP contribution in [0.2, 0.25) is 5.02 Å². The van der Waals surface area contributed by atoms with Gasteiger partial charge in [-0.25, -0.2) is 5.43 Å². The third-order valence-corrected chi connectivity index (χ3v) is 3.52. The van der Waals surface area contributed by atoms with Crippen molar-refractivity contribution in [2.24, 2.45) is 5.10 Å². The van der Waals surface area contributed by atoms with Gasteiger partial charge in [-0.05, 0) is 30.7 Å². The number of nitrogens with one attached hydrogen (secondary N) is 1. The highest BCUT2D eigenvalue weighted by atomic mass is 35.5. The number of benzene rings is 2. The summed E-state index contributed by atoms with van der Waals surface area (Å²) in [5, 5.41) is 14.9. The molecule has 1 N–H and O–H groups in total. The summed E-state index contributed by atoms with van der Waals surface area (Å²) in [6.07, 6.45) is 1.37. The molecule has 2 rings (SSSR count). The maximum Gasteiger partial charge on any atom is 0.271 e. The number of nitro groups is 1. The Kier molecular flexibility index (Phi) is 6.51. The number of amides is 1. The molecule has 0 aliphatic heterocycles. The van der Waals surface area contributed by atoms with Crippen LogP contribution in [0.3, 0.4) is 0 Å². The molecule has 2 aromatic carbocycles. The molecule has 0 heterocycles. The van der Waals surface area contributed by atoms with E-state index < -0.39 is 10.8 Å². The van der Waals surface area contributed by atoms with Crippen molar-refractivity contribution in [3.05, 3.63) is 62.7 Å². The summed E-state index contributed by atoms with van der Waals surface area (Å²) in [7, 11) is 1.49. The number of halogens is 1. The fraction of sp³-hybridized carbons (Fsp3) is 0.176. The lowest BCUT2D eigenvalue weighted by Crippen LogP contribution is -2.17. The third-order valence-electron chi connectivity index (χ3n) is 3.24. The first kappa shape index (κ1) is 19.2. The van der Waals surface area contributed by atoms with E-state index >= 15 is 0 Å². The van der Waals surface area contributed by atoms with Gasteiger partial charge >= 0.3 is 0 Å². The van der Waals surface area contributed by atoms with E-state index in [1.165, 1.54) is 37.6 Å². The maximum absolute atomic E-state index is 12.0. The van der Waals surface area contributed by atoms with Crippen LogP contribution in [-0.2, 0) is 0 Å². The normalized spacial score (nSPS) is 10.6. The fourth-order valence-electron chi connectivity index (χ4n) is 2.09. The van der Waals surface area contributed by atoms with E-state index in [1.807, 2.05) is 6.92 Å². The average Bonchev–Trinajstić information content (AvgIpc) is 2.63. The summed E-state index contributed by atoms with van der Waals surface area (Å²) in [5.41, 5.74) is 2.83. The largest absolute Gasteiger partial charge is 0.493 e. The lowest BCUT2D eigenvalue weighted by Gasteiger charge is -2.11. The molecule has 0 saturated carbocycles. The third kappa shape index (κ3) is 4.70. The number of hydrogen-bond acceptors (Lipinski definition) is 6. The van der Waals surface area contributed by atoms with Crippen LogP contribution in [-0.4, -0.2) is 30.8 Å². The fourth-order valence-corrected chi connectivity index (χ4v) is 2.36. The van der Waals surface area contributed by atoms with Gasteiger partial charge in [-0.2, -0.15) is 5.10 Å². The van der Waals surface area contributed by atoms with Crippen LogP contribution >= 0.6 is 11.6 Å². The quantitative estimate of drug-likeness (QED) is 0.452. The van der Waals surface area contributed by atoms with E-state index in [9.17, 15) is 14.9 Å². The zero-order valence-corrected chi connectivity index (χ0v) is 14.8. The number of hydrogen-bond donors (Lipinski definition) is 1. The number of non-ortho nitro benzene ring substituents is 1. The smallest absolute Gasteiger partial charge is 0.271 e. The molecule has 0 fully saturated rings. The molecule has 1 amide bonds. The van der Waals surface area contributed by atoms with Crippen molar-refractivity contribution in [2.45, 2.75) is 6.92 Å². The predicted molar refractivity (Wildman–Crippen MR) is 97.3 cm³/mol. The van der Waals surface area contributed by atoms with Crippen LogP contribution in [0.1, 0.15) is 22.8 Å². The molecular weight excluding hydrogens is 362 g/mol. The van der Waals surface area contributed by atoms with Gasteiger partial charge in [-0.15, -0.1) is 0 Å². The molecule has 0 aromatic heterocycles. The standard InChI is InChI=1S/C17H16ClN3O5/c1-3-26-16-14(18)7-11(8-15(16)25-2)10-19-20-17(22)12-5-4-6-13(9-12)21(23)24/h4-10H,3H2,1-2H3,(H,20,22). The molecule has 0 spiro atoms. The summed E-state index contributed by atoms with van der Waals surface area (Å²) in [5.74, 6) is 0.286. The number of carbonyl (C=O) groups excluding carboxylic acids is 1. The lowest BCUT2D eigenvalue weighted by molar-refractivity contribution is -0.384. The van der Waals surface area contributed by atoms with E-state index in [2.05, 4.69) is 10.5 Å². The molecular formula is C17H16ClN3O5. The number of rotatable bonds is 7. The molecule has 0 aliphatic rings. The minimum absolute atomic E-state index is 0.124. The van der Waals surface area contributed by atoms with Crippen LogP contribution in [0.5, 0.6) is 11.5 Å². The van der Waals surface area contributed by atoms with E-state index in [0.717, 1.165) is 0 Å². The Balaban J connectivity index is 2.13. The maximum atomic E-state index is 12.0. The second-order valence-corrected chi connectivity index (χ2v) is 5.38. The van der Waals surface area contributed by atoms with Crippen LogP contribution in [0.15, 0.2) is 41.5 Å². The van der Waals surface area contributed by atoms with Gasteiger partial charge in [0.15, 0.2) is 11.5 Å². The lowest BCUT2D eigenvalue weighted by atomic mass is 10.2. The Labute approximate surface area is 154 Å². The highest BCUT2D eigenvalue weighted by Crippen LogP contribution is 2.35. The highest BCUT2D eigenvalue weighted by Gasteiger charge is 2.12. The number of methoxy groups -OCH3 is 1. The Hall–Kier alpha value is -3.13. The van der Waals surface area contributed by atoms with Gasteiger partial charge in [0.2, 0.25) is 0 Å². The van der Waals surface area contributed by atoms with Crippen molar-refractivity contribution < 1.29 is 19.2 Å². The van der Waals surface area contributed by atoms with Crippen molar-refractivity contribution in [2.75, 3.05) is 13.7 Å². The van der Waals surface area contributed by atoms with Gasteiger partial charge in [-0.3, -0.25) is 14.9 Å². The number of carbonyl (C=O) groups is 1. The highest BCUT2D eigenvalue weighted by molar-refractivity contribution is 6.32. The molecule has 2 aromatic rings. The van der Waals surface area contributed by atoms with Gasteiger partial charge in [0.05, 0.1) is 29.9 Å². The minimum atomic E-state index is -0.575. The monoisotopic (exact) mass is 377 g/mol. The second kappa shape index (κ2) is 8.82. The van der Waals surface area contributed by atoms with Crippen molar-refractivity contribution >= 4 is 29.4 Å². The summed E-state index contributed by atoms with van der Waals surface area (Å²) in [4.78, 5) is 22.2. The molecule has 136 valence electrons. The van der Waals surface area contributed by atoms with Gasteiger partial charge in [0.1, 0.15) is 0 Å². The number of hydrazone groups is 1. The predicted octanol–water partition coefficient (Wildman–Crippen LogP) is 3.42. The summed E-state index contributed by atoms with van der Waals surface area (Å²) in [6.45, 7) is 2.26. The first-order valence-corrected chi connectivity index (χ1v) is 7.92. The summed E-state index contributed by atoms with van der Waals surface area (Å²) < 4.78 is 10.6. The number of ether oxygens (including phenoxy) is 2. The first-order valence-electron chi connectivity index (χ1n) is 7.54. The van der Waals surface area contributed by atoms with Crippen LogP contribution < -0.4 is 14.9 Å². The van der Waals surface area contributed by atoms with E-state index in [4.69, 9.17) is 21.1 Å². The van der Waals surface area contributed by atoms with E-state index in [0.29, 0.717) is 28.7 Å². The molecule has 0 radical (unpaired) electrons. The molecule has 0 aliphatic carbocycles. The Morgan fingerprint density at radius 3 is 2.81 bits per heavy atom. The zero-order chi connectivity index (χ0) is 19.1. The van der Waals surface area contributed by atoms with Crippen LogP contribution in [0, 0.1) is 10.1 Å². The number of nitro benzene ring substituents is 1. The van der Waals surface area contributed by atoms with Crippen molar-refractivity contribution in [1.29, 1.82) is 0 Å². The molecule has 26 heavy (non-hydrogen) atoms. The number of nitrogens with zero attached hydrogens (tertiary/aromatic N) is 2. The van der Waals surface area contributed by atoms with Crippen molar-refractivity contribution in [1.82, 2.24) is 5.43 Å². The van der Waals surface area contributed by atoms with Crippen molar-refractivity contribution in [3.8, 4) is 11.5 Å². The molecule has 0 bridgehead atoms.